The minimum Gasteiger partial charge on any atom is -0.550 e. The Morgan fingerprint density at radius 1 is 0.850 bits per heavy atom. The topological polar surface area (TPSA) is 198 Å². The number of carbonyl (C=O) groups excluding carboxylic acids is 3. The van der Waals surface area contributed by atoms with E-state index in [0.717, 1.165) is 0 Å². The normalized spacial score (nSPS) is 11.3. The molecule has 2 atom stereocenters. The van der Waals surface area contributed by atoms with Crippen molar-refractivity contribution in [1.29, 1.82) is 0 Å². The third kappa shape index (κ3) is 20.4. The van der Waals surface area contributed by atoms with Gasteiger partial charge in [-0.25, -0.2) is 4.79 Å². The van der Waals surface area contributed by atoms with Crippen molar-refractivity contribution in [2.24, 2.45) is 0 Å². The summed E-state index contributed by atoms with van der Waals surface area (Å²) in [5, 5.41) is 53.1. The molecule has 10 nitrogen and oxygen atoms in total. The van der Waals surface area contributed by atoms with Gasteiger partial charge in [0, 0.05) is 24.8 Å². The van der Waals surface area contributed by atoms with E-state index >= 15 is 0 Å². The van der Waals surface area contributed by atoms with E-state index in [1.165, 1.54) is 0 Å². The number of aliphatic carboxylic acids is 4. The zero-order valence-corrected chi connectivity index (χ0v) is 14.7. The van der Waals surface area contributed by atoms with Crippen molar-refractivity contribution in [2.45, 2.75) is 25.0 Å². The summed E-state index contributed by atoms with van der Waals surface area (Å²) in [5.41, 5.74) is 0. The Labute approximate surface area is 164 Å². The second-order valence-electron chi connectivity index (χ2n) is 2.84. The third-order valence-corrected chi connectivity index (χ3v) is 1.28. The summed E-state index contributed by atoms with van der Waals surface area (Å²) in [5.74, 6) is -6.56. The molecular formula is C8H9CaNaO10. The van der Waals surface area contributed by atoms with Crippen LogP contribution in [-0.4, -0.2) is 89.1 Å². The Kier molecular flexibility index (Phi) is 21.8. The third-order valence-electron chi connectivity index (χ3n) is 1.28. The van der Waals surface area contributed by atoms with Crippen LogP contribution >= 0.6 is 0 Å². The molecule has 3 N–H and O–H groups in total. The molecule has 0 aromatic rings. The van der Waals surface area contributed by atoms with Gasteiger partial charge in [0.2, 0.25) is 0 Å². The summed E-state index contributed by atoms with van der Waals surface area (Å²) in [6, 6.07) is 0. The molecule has 0 aliphatic heterocycles. The zero-order chi connectivity index (χ0) is 14.9. The molecule has 0 aromatic carbocycles. The fraction of sp³-hybridized carbons (Fsp3) is 0.500. The molecule has 0 aliphatic carbocycles. The number of aliphatic hydroxyl groups excluding tert-OH is 2. The molecule has 0 radical (unpaired) electrons. The van der Waals surface area contributed by atoms with Crippen LogP contribution in [0.2, 0.25) is 0 Å². The van der Waals surface area contributed by atoms with Crippen LogP contribution in [0, 0.1) is 0 Å². The Morgan fingerprint density at radius 2 is 1.15 bits per heavy atom. The summed E-state index contributed by atoms with van der Waals surface area (Å²) in [4.78, 5) is 38.4. The maximum Gasteiger partial charge on any atom is 2.00 e. The number of carboxylic acids is 4. The minimum absolute atomic E-state index is 0. The van der Waals surface area contributed by atoms with Gasteiger partial charge in [0.1, 0.15) is 0 Å². The van der Waals surface area contributed by atoms with Gasteiger partial charge in [-0.2, -0.15) is 0 Å². The summed E-state index contributed by atoms with van der Waals surface area (Å²) in [7, 11) is 0. The molecule has 0 spiro atoms. The van der Waals surface area contributed by atoms with Gasteiger partial charge in [0.05, 0.1) is 12.1 Å². The van der Waals surface area contributed by atoms with Crippen LogP contribution in [0.15, 0.2) is 0 Å². The molecule has 0 aromatic heterocycles. The van der Waals surface area contributed by atoms with Crippen molar-refractivity contribution in [1.82, 2.24) is 0 Å². The standard InChI is InChI=1S/2C4H6O5.Ca.Na/c2*5-2(4(8)9)1-3(6)7;;/h2*2,5H,1H2,(H,6,7)(H,8,9);;/q;;+2;+1/p-3. The Bertz CT molecular complexity index is 301. The van der Waals surface area contributed by atoms with E-state index in [1.54, 1.807) is 0 Å². The molecule has 104 valence electrons. The first-order valence-corrected chi connectivity index (χ1v) is 4.27. The van der Waals surface area contributed by atoms with Crippen molar-refractivity contribution in [3.63, 3.8) is 0 Å². The van der Waals surface area contributed by atoms with E-state index in [-0.39, 0.29) is 67.3 Å². The first-order valence-electron chi connectivity index (χ1n) is 4.27. The summed E-state index contributed by atoms with van der Waals surface area (Å²) < 4.78 is 0. The van der Waals surface area contributed by atoms with Crippen molar-refractivity contribution in [3.05, 3.63) is 0 Å². The molecule has 2 unspecified atom stereocenters. The van der Waals surface area contributed by atoms with Crippen LogP contribution in [0.4, 0.5) is 0 Å². The fourth-order valence-corrected chi connectivity index (χ4v) is 0.486. The summed E-state index contributed by atoms with van der Waals surface area (Å²) >= 11 is 0. The predicted molar refractivity (Wildman–Crippen MR) is 49.7 cm³/mol. The van der Waals surface area contributed by atoms with Crippen LogP contribution in [-0.2, 0) is 19.2 Å². The average Bonchev–Trinajstić information content (AvgIpc) is 2.16. The van der Waals surface area contributed by atoms with Gasteiger partial charge >= 0.3 is 73.3 Å². The molecular weight excluding hydrogens is 319 g/mol. The van der Waals surface area contributed by atoms with Crippen molar-refractivity contribution < 1.29 is 79.4 Å². The molecule has 0 saturated carbocycles. The number of hydrogen-bond acceptors (Lipinski definition) is 9. The molecule has 20 heavy (non-hydrogen) atoms. The second kappa shape index (κ2) is 15.4. The largest absolute Gasteiger partial charge is 2.00 e. The second-order valence-corrected chi connectivity index (χ2v) is 2.84. The number of hydrogen-bond donors (Lipinski definition) is 3. The first-order chi connectivity index (χ1) is 8.07. The van der Waals surface area contributed by atoms with Crippen LogP contribution in [0.1, 0.15) is 12.8 Å². The van der Waals surface area contributed by atoms with E-state index in [4.69, 9.17) is 15.3 Å². The number of carboxylic acid groups (broad SMARTS) is 4. The van der Waals surface area contributed by atoms with Gasteiger partial charge in [0.15, 0.2) is 6.10 Å². The minimum atomic E-state index is -1.96. The molecule has 0 rings (SSSR count). The van der Waals surface area contributed by atoms with Gasteiger partial charge in [-0.05, 0) is 0 Å². The van der Waals surface area contributed by atoms with Crippen LogP contribution < -0.4 is 44.9 Å². The molecule has 0 fully saturated rings. The summed E-state index contributed by atoms with van der Waals surface area (Å²) in [6.07, 6.45) is -5.61. The number of aliphatic hydroxyl groups is 2. The monoisotopic (exact) mass is 328 g/mol. The summed E-state index contributed by atoms with van der Waals surface area (Å²) in [6.45, 7) is 0. The van der Waals surface area contributed by atoms with Gasteiger partial charge in [-0.15, -0.1) is 0 Å². The molecule has 0 heterocycles. The predicted octanol–water partition coefficient (Wildman–Crippen LogP) is -9.57. The van der Waals surface area contributed by atoms with E-state index in [9.17, 15) is 34.5 Å². The Balaban J connectivity index is -0.000000116. The van der Waals surface area contributed by atoms with Crippen molar-refractivity contribution in [2.75, 3.05) is 0 Å². The fourth-order valence-electron chi connectivity index (χ4n) is 0.486. The maximum absolute atomic E-state index is 9.69. The van der Waals surface area contributed by atoms with E-state index in [0.29, 0.717) is 0 Å². The quantitative estimate of drug-likeness (QED) is 0.393. The van der Waals surface area contributed by atoms with Crippen LogP contribution in [0.25, 0.3) is 0 Å². The van der Waals surface area contributed by atoms with Gasteiger partial charge in [-0.3, -0.25) is 0 Å². The van der Waals surface area contributed by atoms with E-state index in [1.807, 2.05) is 0 Å². The molecule has 12 heteroatoms. The smallest absolute Gasteiger partial charge is 0.550 e. The molecule has 0 aliphatic rings. The number of rotatable bonds is 6. The van der Waals surface area contributed by atoms with Crippen molar-refractivity contribution in [3.8, 4) is 0 Å². The SMILES string of the molecule is O=C([O-])CC(O)C(=O)O.O=C([O-])CC(O)C(=O)[O-].[Ca+2].[Na+]. The molecule has 0 amide bonds. The Hall–Kier alpha value is 0.0597. The average molecular weight is 328 g/mol. The van der Waals surface area contributed by atoms with Gasteiger partial charge < -0.3 is 45.0 Å². The molecule has 0 saturated heterocycles. The maximum atomic E-state index is 9.69. The van der Waals surface area contributed by atoms with Gasteiger partial charge in [0.25, 0.3) is 0 Å². The van der Waals surface area contributed by atoms with Crippen molar-refractivity contribution >= 4 is 61.6 Å². The molecule has 0 bridgehead atoms. The van der Waals surface area contributed by atoms with Crippen LogP contribution in [0.3, 0.4) is 0 Å². The van der Waals surface area contributed by atoms with Gasteiger partial charge in [-0.1, -0.05) is 0 Å². The first kappa shape index (κ1) is 28.3. The number of carbonyl (C=O) groups is 4. The Morgan fingerprint density at radius 3 is 1.25 bits per heavy atom. The van der Waals surface area contributed by atoms with Crippen LogP contribution in [0.5, 0.6) is 0 Å². The van der Waals surface area contributed by atoms with E-state index in [2.05, 4.69) is 0 Å². The zero-order valence-electron chi connectivity index (χ0n) is 10.5. The van der Waals surface area contributed by atoms with E-state index < -0.39 is 48.9 Å².